The van der Waals surface area contributed by atoms with Gasteiger partial charge < -0.3 is 19.9 Å². The number of ether oxygens (including phenoxy) is 2. The quantitative estimate of drug-likeness (QED) is 0.525. The molecular weight excluding hydrogens is 346 g/mol. The van der Waals surface area contributed by atoms with Gasteiger partial charge in [-0.05, 0) is 17.7 Å². The summed E-state index contributed by atoms with van der Waals surface area (Å²) < 4.78 is 12.4. The maximum absolute atomic E-state index is 8.79. The molecule has 0 aliphatic carbocycles. The number of nitrogens with zero attached hydrogens (tertiary/aromatic N) is 4. The van der Waals surface area contributed by atoms with E-state index in [1.54, 1.807) is 30.4 Å². The second-order valence-corrected chi connectivity index (χ2v) is 5.80. The fourth-order valence-corrected chi connectivity index (χ4v) is 2.59. The molecule has 2 N–H and O–H groups in total. The first-order valence-corrected chi connectivity index (χ1v) is 8.70. The Balaban J connectivity index is 1.79. The van der Waals surface area contributed by atoms with Gasteiger partial charge in [0.05, 0.1) is 26.9 Å². The van der Waals surface area contributed by atoms with Crippen molar-refractivity contribution in [2.75, 3.05) is 38.8 Å². The van der Waals surface area contributed by atoms with Gasteiger partial charge in [0.25, 0.3) is 0 Å². The summed E-state index contributed by atoms with van der Waals surface area (Å²) in [5, 5.41) is 12.1. The van der Waals surface area contributed by atoms with Crippen molar-refractivity contribution in [3.05, 3.63) is 60.3 Å². The molecule has 1 aromatic carbocycles. The van der Waals surface area contributed by atoms with E-state index in [0.717, 1.165) is 22.7 Å². The molecule has 27 heavy (non-hydrogen) atoms. The third-order valence-electron chi connectivity index (χ3n) is 3.89. The number of benzene rings is 1. The largest absolute Gasteiger partial charge is 0.497 e. The number of methoxy groups -OCH3 is 1. The maximum Gasteiger partial charge on any atom is 0.236 e. The van der Waals surface area contributed by atoms with Crippen LogP contribution in [0.25, 0.3) is 5.95 Å². The summed E-state index contributed by atoms with van der Waals surface area (Å²) in [6.07, 6.45) is 7.62. The maximum atomic E-state index is 8.79. The van der Waals surface area contributed by atoms with Gasteiger partial charge in [-0.15, -0.1) is 0 Å². The molecule has 3 rings (SSSR count). The number of nitrogens with one attached hydrogen (secondary N) is 1. The molecule has 0 amide bonds. The van der Waals surface area contributed by atoms with Crippen molar-refractivity contribution >= 4 is 5.82 Å². The lowest BCUT2D eigenvalue weighted by Gasteiger charge is -2.13. The summed E-state index contributed by atoms with van der Waals surface area (Å²) >= 11 is 0. The second kappa shape index (κ2) is 9.65. The molecule has 2 aromatic heterocycles. The lowest BCUT2D eigenvalue weighted by molar-refractivity contribution is 0.0992. The number of anilines is 1. The first-order chi connectivity index (χ1) is 13.3. The van der Waals surface area contributed by atoms with Gasteiger partial charge in [-0.2, -0.15) is 4.98 Å². The molecule has 8 nitrogen and oxygen atoms in total. The number of hydrogen-bond donors (Lipinski definition) is 2. The van der Waals surface area contributed by atoms with Crippen LogP contribution in [0.1, 0.15) is 11.1 Å². The molecular formula is C19H23N5O3. The van der Waals surface area contributed by atoms with E-state index in [4.69, 9.17) is 14.6 Å². The Bertz CT molecular complexity index is 839. The van der Waals surface area contributed by atoms with E-state index in [1.165, 1.54) is 0 Å². The van der Waals surface area contributed by atoms with E-state index in [9.17, 15) is 0 Å². The topological polar surface area (TPSA) is 94.3 Å². The van der Waals surface area contributed by atoms with Crippen LogP contribution in [0.5, 0.6) is 5.75 Å². The predicted octanol–water partition coefficient (Wildman–Crippen LogP) is 1.68. The van der Waals surface area contributed by atoms with E-state index in [-0.39, 0.29) is 6.61 Å². The number of hydrogen-bond acceptors (Lipinski definition) is 7. The van der Waals surface area contributed by atoms with Crippen LogP contribution in [0.4, 0.5) is 5.82 Å². The molecule has 0 spiro atoms. The Kier molecular flexibility index (Phi) is 6.72. The zero-order chi connectivity index (χ0) is 18.9. The van der Waals surface area contributed by atoms with E-state index in [1.807, 2.05) is 30.5 Å². The van der Waals surface area contributed by atoms with Crippen molar-refractivity contribution in [3.8, 4) is 11.7 Å². The fourth-order valence-electron chi connectivity index (χ4n) is 2.59. The van der Waals surface area contributed by atoms with Crippen LogP contribution in [0.2, 0.25) is 0 Å². The second-order valence-electron chi connectivity index (χ2n) is 5.80. The highest BCUT2D eigenvalue weighted by Crippen LogP contribution is 2.20. The Labute approximate surface area is 157 Å². The Hall–Kier alpha value is -2.97. The van der Waals surface area contributed by atoms with Gasteiger partial charge in [-0.1, -0.05) is 12.1 Å². The summed E-state index contributed by atoms with van der Waals surface area (Å²) in [6, 6.07) is 7.92. The third-order valence-corrected chi connectivity index (χ3v) is 3.89. The lowest BCUT2D eigenvalue weighted by Crippen LogP contribution is -2.15. The standard InChI is InChI=1S/C19H23N5O3/c1-26-17-4-2-3-15(12-17)11-16-13-22-19(24-7-5-20-14-24)23-18(16)21-6-9-27-10-8-25/h2-5,7,12-14,25H,6,8-11H2,1H3,(H,21,22,23). The highest BCUT2D eigenvalue weighted by atomic mass is 16.5. The number of imidazole rings is 1. The number of aromatic nitrogens is 4. The van der Waals surface area contributed by atoms with Crippen molar-refractivity contribution in [2.24, 2.45) is 0 Å². The minimum atomic E-state index is 0.0133. The average molecular weight is 369 g/mol. The molecule has 0 saturated carbocycles. The molecule has 8 heteroatoms. The van der Waals surface area contributed by atoms with Crippen LogP contribution in [-0.4, -0.2) is 58.1 Å². The summed E-state index contributed by atoms with van der Waals surface area (Å²) in [5.74, 6) is 2.10. The van der Waals surface area contributed by atoms with Gasteiger partial charge in [0.1, 0.15) is 17.9 Å². The molecule has 0 fully saturated rings. The lowest BCUT2D eigenvalue weighted by atomic mass is 10.1. The average Bonchev–Trinajstić information content (AvgIpc) is 3.24. The summed E-state index contributed by atoms with van der Waals surface area (Å²) in [4.78, 5) is 13.1. The van der Waals surface area contributed by atoms with E-state index in [0.29, 0.717) is 32.1 Å². The first-order valence-electron chi connectivity index (χ1n) is 8.70. The normalized spacial score (nSPS) is 10.7. The van der Waals surface area contributed by atoms with E-state index in [2.05, 4.69) is 20.3 Å². The number of rotatable bonds is 10. The highest BCUT2D eigenvalue weighted by molar-refractivity contribution is 5.47. The molecule has 0 bridgehead atoms. The third kappa shape index (κ3) is 5.25. The first kappa shape index (κ1) is 18.8. The molecule has 0 aliphatic heterocycles. The van der Waals surface area contributed by atoms with Crippen molar-refractivity contribution in [3.63, 3.8) is 0 Å². The summed E-state index contributed by atoms with van der Waals surface area (Å²) in [6.45, 7) is 1.39. The number of aliphatic hydroxyl groups is 1. The molecule has 3 aromatic rings. The molecule has 0 atom stereocenters. The Morgan fingerprint density at radius 2 is 2.19 bits per heavy atom. The molecule has 0 saturated heterocycles. The zero-order valence-electron chi connectivity index (χ0n) is 15.2. The van der Waals surface area contributed by atoms with Crippen LogP contribution in [0.3, 0.4) is 0 Å². The van der Waals surface area contributed by atoms with Crippen molar-refractivity contribution in [2.45, 2.75) is 6.42 Å². The summed E-state index contributed by atoms with van der Waals surface area (Å²) in [5.41, 5.74) is 2.07. The molecule has 142 valence electrons. The Morgan fingerprint density at radius 1 is 1.26 bits per heavy atom. The summed E-state index contributed by atoms with van der Waals surface area (Å²) in [7, 11) is 1.65. The van der Waals surface area contributed by atoms with Crippen LogP contribution < -0.4 is 10.1 Å². The van der Waals surface area contributed by atoms with Gasteiger partial charge in [0.15, 0.2) is 0 Å². The van der Waals surface area contributed by atoms with Gasteiger partial charge >= 0.3 is 0 Å². The predicted molar refractivity (Wildman–Crippen MR) is 101 cm³/mol. The van der Waals surface area contributed by atoms with Gasteiger partial charge in [-0.3, -0.25) is 4.57 Å². The minimum Gasteiger partial charge on any atom is -0.497 e. The minimum absolute atomic E-state index is 0.0133. The van der Waals surface area contributed by atoms with Crippen LogP contribution in [-0.2, 0) is 11.2 Å². The zero-order valence-corrected chi connectivity index (χ0v) is 15.2. The molecule has 0 unspecified atom stereocenters. The smallest absolute Gasteiger partial charge is 0.236 e. The Morgan fingerprint density at radius 3 is 2.96 bits per heavy atom. The van der Waals surface area contributed by atoms with Crippen molar-refractivity contribution in [1.82, 2.24) is 19.5 Å². The molecule has 0 radical (unpaired) electrons. The van der Waals surface area contributed by atoms with Crippen LogP contribution in [0, 0.1) is 0 Å². The van der Waals surface area contributed by atoms with Gasteiger partial charge in [-0.25, -0.2) is 9.97 Å². The highest BCUT2D eigenvalue weighted by Gasteiger charge is 2.10. The molecule has 0 aliphatic rings. The van der Waals surface area contributed by atoms with Gasteiger partial charge in [0.2, 0.25) is 5.95 Å². The molecule has 2 heterocycles. The van der Waals surface area contributed by atoms with Crippen LogP contribution >= 0.6 is 0 Å². The van der Waals surface area contributed by atoms with Crippen molar-refractivity contribution < 1.29 is 14.6 Å². The fraction of sp³-hybridized carbons (Fsp3) is 0.316. The van der Waals surface area contributed by atoms with Crippen LogP contribution in [0.15, 0.2) is 49.2 Å². The monoisotopic (exact) mass is 369 g/mol. The van der Waals surface area contributed by atoms with Gasteiger partial charge in [0, 0.05) is 37.1 Å². The van der Waals surface area contributed by atoms with Crippen molar-refractivity contribution in [1.29, 1.82) is 0 Å². The van der Waals surface area contributed by atoms with E-state index < -0.39 is 0 Å². The van der Waals surface area contributed by atoms with E-state index >= 15 is 0 Å². The SMILES string of the molecule is COc1cccc(Cc2cnc(-n3ccnc3)nc2NCCOCCO)c1. The number of aliphatic hydroxyl groups excluding tert-OH is 1.